The fourth-order valence-electron chi connectivity index (χ4n) is 12.8. The third-order valence-electron chi connectivity index (χ3n) is 16.2. The SMILES string of the molecule is Cc1cc(C)c(-n2ccnc2-c2[c-]cc(F)c(-c3c(C)cccc3C)c2)c(C)c1.Cc1cc(C)c(-n2ccnc2-c2[c-]cc(F)c(-c3c(C)cccc3C)c2)c(C)c1.Cc1cc(C)c(-n2ccnc2-c2[c-]cc(F)c(-c3c(C)cccc3C)c2)c(C)c1.[Ir+3]. The van der Waals surface area contributed by atoms with Crippen LogP contribution in [0.5, 0.6) is 0 Å². The molecule has 0 N–H and O–H groups in total. The Morgan fingerprint density at radius 1 is 0.307 bits per heavy atom. The molecule has 3 aromatic heterocycles. The van der Waals surface area contributed by atoms with Crippen molar-refractivity contribution in [1.29, 1.82) is 0 Å². The van der Waals surface area contributed by atoms with E-state index in [1.807, 2.05) is 133 Å². The van der Waals surface area contributed by atoms with Crippen LogP contribution < -0.4 is 0 Å². The molecule has 0 unspecified atom stereocenters. The molecule has 0 aliphatic heterocycles. The van der Waals surface area contributed by atoms with E-state index in [9.17, 15) is 13.2 Å². The minimum Gasteiger partial charge on any atom is -0.340 e. The minimum absolute atomic E-state index is 0. The predicted molar refractivity (Wildman–Crippen MR) is 351 cm³/mol. The molecule has 10 heteroatoms. The molecule has 3 heterocycles. The standard InChI is InChI=1S/3C26H24FN2.Ir/c3*1-16-13-19(4)25(20(5)14-16)29-12-11-28-26(29)21-9-10-23(27)22(15-21)24-17(2)7-6-8-18(24)3;/h3*6-8,10-15H,1-5H3;/q3*-1;+3. The van der Waals surface area contributed by atoms with Gasteiger partial charge in [0.25, 0.3) is 0 Å². The van der Waals surface area contributed by atoms with Crippen molar-refractivity contribution in [1.82, 2.24) is 28.7 Å². The van der Waals surface area contributed by atoms with Gasteiger partial charge in [0.15, 0.2) is 0 Å². The van der Waals surface area contributed by atoms with Gasteiger partial charge in [-0.05, 0) is 187 Å². The Labute approximate surface area is 530 Å². The van der Waals surface area contributed by atoms with E-state index in [0.29, 0.717) is 16.7 Å². The summed E-state index contributed by atoms with van der Waals surface area (Å²) in [5, 5.41) is 0. The van der Waals surface area contributed by atoms with Gasteiger partial charge in [0.05, 0.1) is 17.5 Å². The van der Waals surface area contributed by atoms with E-state index in [4.69, 9.17) is 0 Å². The average molecular weight is 1340 g/mol. The Bertz CT molecular complexity index is 3990. The number of aryl methyl sites for hydroxylation is 15. The summed E-state index contributed by atoms with van der Waals surface area (Å²) in [5.41, 5.74) is 27.3. The summed E-state index contributed by atoms with van der Waals surface area (Å²) in [6.07, 6.45) is 11.2. The summed E-state index contributed by atoms with van der Waals surface area (Å²) in [6.45, 7) is 31.0. The van der Waals surface area contributed by atoms with Crippen LogP contribution in [-0.4, -0.2) is 28.7 Å². The first-order valence-corrected chi connectivity index (χ1v) is 29.3. The molecule has 6 nitrogen and oxygen atoms in total. The summed E-state index contributed by atoms with van der Waals surface area (Å²) >= 11 is 0. The fourth-order valence-corrected chi connectivity index (χ4v) is 12.8. The predicted octanol–water partition coefficient (Wildman–Crippen LogP) is 20.1. The molecule has 0 atom stereocenters. The first kappa shape index (κ1) is 63.5. The Morgan fingerprint density at radius 2 is 0.523 bits per heavy atom. The average Bonchev–Trinajstić information content (AvgIpc) is 1.64. The number of hydrogen-bond donors (Lipinski definition) is 0. The summed E-state index contributed by atoms with van der Waals surface area (Å²) in [6, 6.07) is 50.2. The van der Waals surface area contributed by atoms with E-state index in [1.54, 1.807) is 18.6 Å². The fraction of sp³-hybridized carbons (Fsp3) is 0.192. The van der Waals surface area contributed by atoms with Crippen molar-refractivity contribution >= 4 is 0 Å². The molecule has 12 aromatic rings. The third-order valence-corrected chi connectivity index (χ3v) is 16.2. The topological polar surface area (TPSA) is 53.5 Å². The Balaban J connectivity index is 0.000000156. The van der Waals surface area contributed by atoms with Crippen molar-refractivity contribution in [3.05, 3.63) is 284 Å². The van der Waals surface area contributed by atoms with Gasteiger partial charge in [-0.2, -0.15) is 0 Å². The molecule has 0 fully saturated rings. The molecule has 0 saturated carbocycles. The molecule has 0 aliphatic carbocycles. The minimum atomic E-state index is -0.271. The van der Waals surface area contributed by atoms with Crippen LogP contribution in [0.2, 0.25) is 0 Å². The zero-order valence-electron chi connectivity index (χ0n) is 52.7. The van der Waals surface area contributed by atoms with Gasteiger partial charge in [-0.1, -0.05) is 124 Å². The number of nitrogens with zero attached hydrogens (tertiary/aromatic N) is 6. The second-order valence-electron chi connectivity index (χ2n) is 23.2. The van der Waals surface area contributed by atoms with Crippen molar-refractivity contribution in [3.8, 4) is 84.6 Å². The van der Waals surface area contributed by atoms with E-state index < -0.39 is 0 Å². The Kier molecular flexibility index (Phi) is 19.2. The maximum absolute atomic E-state index is 14.8. The molecular formula is C78H72F3IrN6. The van der Waals surface area contributed by atoms with Crippen molar-refractivity contribution in [3.63, 3.8) is 0 Å². The largest absolute Gasteiger partial charge is 3.00 e. The first-order valence-electron chi connectivity index (χ1n) is 29.3. The molecule has 9 aromatic carbocycles. The van der Waals surface area contributed by atoms with Gasteiger partial charge in [-0.25, -0.2) is 0 Å². The van der Waals surface area contributed by atoms with Crippen molar-refractivity contribution < 1.29 is 33.3 Å². The van der Waals surface area contributed by atoms with Crippen LogP contribution in [0, 0.1) is 140 Å². The zero-order chi connectivity index (χ0) is 62.1. The van der Waals surface area contributed by atoms with Gasteiger partial charge >= 0.3 is 20.1 Å². The number of rotatable bonds is 9. The molecular weight excluding hydrogens is 1270 g/mol. The molecule has 88 heavy (non-hydrogen) atoms. The van der Waals surface area contributed by atoms with Crippen molar-refractivity contribution in [2.24, 2.45) is 0 Å². The zero-order valence-corrected chi connectivity index (χ0v) is 55.1. The molecule has 12 rings (SSSR count). The van der Waals surface area contributed by atoms with E-state index in [0.717, 1.165) is 101 Å². The van der Waals surface area contributed by atoms with Crippen LogP contribution in [0.4, 0.5) is 13.2 Å². The summed E-state index contributed by atoms with van der Waals surface area (Å²) < 4.78 is 50.6. The van der Waals surface area contributed by atoms with E-state index >= 15 is 0 Å². The maximum Gasteiger partial charge on any atom is 3.00 e. The van der Waals surface area contributed by atoms with Crippen LogP contribution in [0.1, 0.15) is 83.5 Å². The van der Waals surface area contributed by atoms with Crippen LogP contribution in [0.3, 0.4) is 0 Å². The quantitative estimate of drug-likeness (QED) is 0.135. The second-order valence-corrected chi connectivity index (χ2v) is 23.2. The molecule has 0 amide bonds. The smallest absolute Gasteiger partial charge is 0.340 e. The van der Waals surface area contributed by atoms with Gasteiger partial charge in [0.1, 0.15) is 0 Å². The first-order chi connectivity index (χ1) is 41.6. The number of aromatic nitrogens is 6. The van der Waals surface area contributed by atoms with Gasteiger partial charge in [0, 0.05) is 71.7 Å². The summed E-state index contributed by atoms with van der Waals surface area (Å²) in [5.74, 6) is 1.46. The van der Waals surface area contributed by atoms with Gasteiger partial charge in [-0.3, -0.25) is 28.1 Å². The van der Waals surface area contributed by atoms with Crippen LogP contribution >= 0.6 is 0 Å². The van der Waals surface area contributed by atoms with Crippen LogP contribution in [-0.2, 0) is 20.1 Å². The molecule has 0 radical (unpaired) electrons. The Hall–Kier alpha value is -8.95. The van der Waals surface area contributed by atoms with Crippen molar-refractivity contribution in [2.75, 3.05) is 0 Å². The number of benzene rings is 9. The maximum atomic E-state index is 14.8. The molecule has 0 spiro atoms. The van der Waals surface area contributed by atoms with E-state index in [1.165, 1.54) is 68.3 Å². The van der Waals surface area contributed by atoms with Gasteiger partial charge in [0.2, 0.25) is 0 Å². The normalized spacial score (nSPS) is 11.0. The molecule has 444 valence electrons. The second kappa shape index (κ2) is 26.6. The van der Waals surface area contributed by atoms with Gasteiger partial charge < -0.3 is 13.7 Å². The summed E-state index contributed by atoms with van der Waals surface area (Å²) in [4.78, 5) is 13.8. The van der Waals surface area contributed by atoms with Crippen molar-refractivity contribution in [2.45, 2.75) is 104 Å². The third kappa shape index (κ3) is 12.9. The molecule has 0 saturated heterocycles. The summed E-state index contributed by atoms with van der Waals surface area (Å²) in [7, 11) is 0. The molecule has 0 bridgehead atoms. The number of hydrogen-bond acceptors (Lipinski definition) is 3. The van der Waals surface area contributed by atoms with E-state index in [2.05, 4.69) is 146 Å². The van der Waals surface area contributed by atoms with Gasteiger partial charge in [-0.15, -0.1) is 71.3 Å². The molecule has 0 aliphatic rings. The van der Waals surface area contributed by atoms with Crippen LogP contribution in [0.15, 0.2) is 165 Å². The number of halogens is 3. The van der Waals surface area contributed by atoms with Crippen LogP contribution in [0.25, 0.3) is 84.6 Å². The van der Waals surface area contributed by atoms with E-state index in [-0.39, 0.29) is 37.6 Å². The Morgan fingerprint density at radius 3 is 0.739 bits per heavy atom. The number of imidazole rings is 3. The monoisotopic (exact) mass is 1340 g/mol.